The summed E-state index contributed by atoms with van der Waals surface area (Å²) < 4.78 is 23.1. The second-order valence-corrected chi connectivity index (χ2v) is 12.2. The summed E-state index contributed by atoms with van der Waals surface area (Å²) in [5.41, 5.74) is 4.26. The molecule has 14 heteroatoms. The topological polar surface area (TPSA) is 147 Å². The molecule has 0 aliphatic carbocycles. The third-order valence-electron chi connectivity index (χ3n) is 7.44. The Morgan fingerprint density at radius 2 is 1.33 bits per heavy atom. The normalized spacial score (nSPS) is 10.7. The predicted molar refractivity (Wildman–Crippen MR) is 188 cm³/mol. The van der Waals surface area contributed by atoms with Crippen molar-refractivity contribution in [2.75, 3.05) is 39.1 Å². The molecule has 0 atom stereocenters. The number of amides is 2. The molecule has 0 bridgehead atoms. The van der Waals surface area contributed by atoms with Gasteiger partial charge in [-0.25, -0.2) is 9.97 Å². The molecule has 4 aromatic heterocycles. The summed E-state index contributed by atoms with van der Waals surface area (Å²) >= 11 is 2.62. The van der Waals surface area contributed by atoms with Crippen molar-refractivity contribution in [2.45, 2.75) is 6.42 Å². The Labute approximate surface area is 289 Å². The van der Waals surface area contributed by atoms with E-state index in [1.807, 2.05) is 29.6 Å². The van der Waals surface area contributed by atoms with Crippen LogP contribution in [0.25, 0.3) is 22.5 Å². The molecule has 248 valence electrons. The molecule has 2 aromatic carbocycles. The maximum absolute atomic E-state index is 13.1. The summed E-state index contributed by atoms with van der Waals surface area (Å²) in [6.07, 6.45) is 6.55. The zero-order valence-electron chi connectivity index (χ0n) is 26.8. The molecule has 2 amide bonds. The van der Waals surface area contributed by atoms with Crippen LogP contribution in [0.4, 0.5) is 10.3 Å². The van der Waals surface area contributed by atoms with Crippen LogP contribution in [0.5, 0.6) is 23.0 Å². The number of aromatic nitrogens is 4. The number of hydrogen-bond acceptors (Lipinski definition) is 12. The standard InChI is InChI=1S/C35H30N6O6S2/c1-44-23-7-5-20(6-8-23)30-28(49-35(39-30)41-33(43)22-11-15-37-16-12-22)17-24-26(45-2)18-27(46-3)29(31(24)47-4)25-19-48-34(38-25)40-32(42)21-9-13-36-14-10-21/h5-16,18-19H,17H2,1-4H3,(H,38,40,42)(H,39,41,43). The van der Waals surface area contributed by atoms with E-state index in [-0.39, 0.29) is 11.8 Å². The minimum absolute atomic E-state index is 0.304. The molecule has 0 radical (unpaired) electrons. The van der Waals surface area contributed by atoms with Crippen molar-refractivity contribution in [2.24, 2.45) is 0 Å². The Kier molecular flexibility index (Phi) is 10.1. The van der Waals surface area contributed by atoms with Crippen LogP contribution >= 0.6 is 22.7 Å². The number of benzene rings is 2. The van der Waals surface area contributed by atoms with Crippen molar-refractivity contribution in [1.29, 1.82) is 0 Å². The fourth-order valence-electron chi connectivity index (χ4n) is 5.08. The highest BCUT2D eigenvalue weighted by atomic mass is 32.1. The van der Waals surface area contributed by atoms with Crippen molar-refractivity contribution in [3.05, 3.63) is 106 Å². The van der Waals surface area contributed by atoms with Gasteiger partial charge in [0.2, 0.25) is 0 Å². The first-order valence-electron chi connectivity index (χ1n) is 14.8. The quantitative estimate of drug-likeness (QED) is 0.139. The highest BCUT2D eigenvalue weighted by molar-refractivity contribution is 7.16. The second-order valence-electron chi connectivity index (χ2n) is 10.3. The molecule has 0 saturated heterocycles. The van der Waals surface area contributed by atoms with Crippen LogP contribution in [0.15, 0.2) is 84.8 Å². The Hall–Kier alpha value is -5.86. The van der Waals surface area contributed by atoms with Gasteiger partial charge in [0.1, 0.15) is 23.0 Å². The third kappa shape index (κ3) is 7.20. The molecule has 49 heavy (non-hydrogen) atoms. The molecule has 0 spiro atoms. The SMILES string of the molecule is COc1ccc(-c2nc(NC(=O)c3ccncc3)sc2Cc2c(OC)cc(OC)c(-c3csc(NC(=O)c4ccncc4)n3)c2OC)cc1. The maximum Gasteiger partial charge on any atom is 0.257 e. The van der Waals surface area contributed by atoms with E-state index in [4.69, 9.17) is 28.9 Å². The fraction of sp³-hybridized carbons (Fsp3) is 0.143. The van der Waals surface area contributed by atoms with Crippen LogP contribution in [0.1, 0.15) is 31.2 Å². The van der Waals surface area contributed by atoms with Crippen molar-refractivity contribution in [3.63, 3.8) is 0 Å². The zero-order valence-corrected chi connectivity index (χ0v) is 28.5. The number of carbonyl (C=O) groups is 2. The maximum atomic E-state index is 13.1. The van der Waals surface area contributed by atoms with Crippen molar-refractivity contribution in [1.82, 2.24) is 19.9 Å². The van der Waals surface area contributed by atoms with Crippen LogP contribution in [0.2, 0.25) is 0 Å². The largest absolute Gasteiger partial charge is 0.497 e. The molecule has 6 aromatic rings. The van der Waals surface area contributed by atoms with E-state index in [9.17, 15) is 9.59 Å². The number of carbonyl (C=O) groups excluding carboxylic acids is 2. The van der Waals surface area contributed by atoms with E-state index in [0.717, 1.165) is 10.4 Å². The first-order chi connectivity index (χ1) is 23.9. The lowest BCUT2D eigenvalue weighted by Gasteiger charge is -2.19. The Morgan fingerprint density at radius 3 is 1.90 bits per heavy atom. The fourth-order valence-corrected chi connectivity index (χ4v) is 6.77. The van der Waals surface area contributed by atoms with Gasteiger partial charge in [-0.3, -0.25) is 30.2 Å². The number of nitrogens with one attached hydrogen (secondary N) is 2. The molecule has 0 unspecified atom stereocenters. The van der Waals surface area contributed by atoms with Crippen LogP contribution in [0.3, 0.4) is 0 Å². The van der Waals surface area contributed by atoms with Gasteiger partial charge in [0.25, 0.3) is 11.8 Å². The summed E-state index contributed by atoms with van der Waals surface area (Å²) in [4.78, 5) is 44.2. The van der Waals surface area contributed by atoms with Crippen LogP contribution in [-0.2, 0) is 6.42 Å². The number of methoxy groups -OCH3 is 4. The smallest absolute Gasteiger partial charge is 0.257 e. The van der Waals surface area contributed by atoms with Crippen molar-refractivity contribution in [3.8, 4) is 45.5 Å². The lowest BCUT2D eigenvalue weighted by Crippen LogP contribution is -2.11. The summed E-state index contributed by atoms with van der Waals surface area (Å²) in [6, 6.07) is 15.8. The second kappa shape index (κ2) is 14.9. The average molecular weight is 695 g/mol. The minimum atomic E-state index is -0.305. The minimum Gasteiger partial charge on any atom is -0.497 e. The number of rotatable bonds is 12. The highest BCUT2D eigenvalue weighted by Gasteiger charge is 2.26. The van der Waals surface area contributed by atoms with Crippen LogP contribution < -0.4 is 29.6 Å². The van der Waals surface area contributed by atoms with Gasteiger partial charge in [0, 0.05) is 69.8 Å². The number of hydrogen-bond donors (Lipinski definition) is 2. The number of nitrogens with zero attached hydrogens (tertiary/aromatic N) is 4. The molecule has 0 aliphatic heterocycles. The van der Waals surface area contributed by atoms with Gasteiger partial charge in [-0.1, -0.05) is 0 Å². The van der Waals surface area contributed by atoms with Gasteiger partial charge < -0.3 is 18.9 Å². The van der Waals surface area contributed by atoms with E-state index in [0.29, 0.717) is 73.3 Å². The van der Waals surface area contributed by atoms with Crippen LogP contribution in [-0.4, -0.2) is 60.2 Å². The van der Waals surface area contributed by atoms with Gasteiger partial charge in [0.05, 0.1) is 45.4 Å². The zero-order chi connectivity index (χ0) is 34.3. The molecule has 4 heterocycles. The summed E-state index contributed by atoms with van der Waals surface area (Å²) in [7, 11) is 6.30. The molecule has 2 N–H and O–H groups in total. The Morgan fingerprint density at radius 1 is 0.714 bits per heavy atom. The van der Waals surface area contributed by atoms with E-state index in [1.54, 1.807) is 83.6 Å². The number of ether oxygens (including phenoxy) is 4. The van der Waals surface area contributed by atoms with Gasteiger partial charge in [-0.2, -0.15) is 0 Å². The summed E-state index contributed by atoms with van der Waals surface area (Å²) in [5, 5.41) is 8.41. The molecule has 0 fully saturated rings. The lowest BCUT2D eigenvalue weighted by molar-refractivity contribution is 0.101. The number of thiazole rings is 2. The average Bonchev–Trinajstić information content (AvgIpc) is 3.78. The summed E-state index contributed by atoms with van der Waals surface area (Å²) in [6.45, 7) is 0. The molecule has 12 nitrogen and oxygen atoms in total. The van der Waals surface area contributed by atoms with Gasteiger partial charge in [0.15, 0.2) is 10.3 Å². The van der Waals surface area contributed by atoms with Crippen LogP contribution in [0, 0.1) is 0 Å². The Balaban J connectivity index is 1.40. The first kappa shape index (κ1) is 33.1. The van der Waals surface area contributed by atoms with Gasteiger partial charge in [-0.15, -0.1) is 22.7 Å². The van der Waals surface area contributed by atoms with E-state index in [2.05, 4.69) is 20.6 Å². The lowest BCUT2D eigenvalue weighted by atomic mass is 9.99. The van der Waals surface area contributed by atoms with Gasteiger partial charge >= 0.3 is 0 Å². The summed E-state index contributed by atoms with van der Waals surface area (Å²) in [5.74, 6) is 1.57. The van der Waals surface area contributed by atoms with E-state index >= 15 is 0 Å². The van der Waals surface area contributed by atoms with E-state index in [1.165, 1.54) is 22.7 Å². The highest BCUT2D eigenvalue weighted by Crippen LogP contribution is 2.48. The molecule has 6 rings (SSSR count). The number of anilines is 2. The number of pyridine rings is 2. The molecular weight excluding hydrogens is 665 g/mol. The predicted octanol–water partition coefficient (Wildman–Crippen LogP) is 6.85. The molecular formula is C35H30N6O6S2. The molecule has 0 aliphatic rings. The van der Waals surface area contributed by atoms with Crippen molar-refractivity contribution >= 4 is 44.8 Å². The first-order valence-corrected chi connectivity index (χ1v) is 16.5. The Bertz CT molecular complexity index is 2090. The third-order valence-corrected chi connectivity index (χ3v) is 9.16. The van der Waals surface area contributed by atoms with Crippen molar-refractivity contribution < 1.29 is 28.5 Å². The van der Waals surface area contributed by atoms with E-state index < -0.39 is 0 Å². The molecule has 0 saturated carbocycles. The monoisotopic (exact) mass is 694 g/mol. The van der Waals surface area contributed by atoms with Gasteiger partial charge in [-0.05, 0) is 48.5 Å².